The molecule has 5 nitrogen and oxygen atoms in total. The van der Waals surface area contributed by atoms with Gasteiger partial charge in [-0.3, -0.25) is 9.48 Å². The number of anilines is 1. The van der Waals surface area contributed by atoms with Crippen molar-refractivity contribution in [2.75, 3.05) is 5.32 Å². The molecule has 2 rings (SSSR count). The number of amides is 1. The summed E-state index contributed by atoms with van der Waals surface area (Å²) in [6.45, 7) is 1.82. The molecule has 0 radical (unpaired) electrons. The maximum absolute atomic E-state index is 12.1. The maximum atomic E-state index is 12.1. The van der Waals surface area contributed by atoms with Crippen molar-refractivity contribution >= 4 is 27.5 Å². The molecule has 1 aromatic heterocycles. The van der Waals surface area contributed by atoms with Gasteiger partial charge >= 0.3 is 0 Å². The summed E-state index contributed by atoms with van der Waals surface area (Å²) in [4.78, 5) is 12.1. The van der Waals surface area contributed by atoms with Crippen LogP contribution in [0, 0.1) is 18.3 Å². The Morgan fingerprint density at radius 2 is 2.21 bits per heavy atom. The van der Waals surface area contributed by atoms with Crippen LogP contribution in [0.5, 0.6) is 0 Å². The molecule has 1 aromatic carbocycles. The summed E-state index contributed by atoms with van der Waals surface area (Å²) in [5, 5.41) is 15.9. The van der Waals surface area contributed by atoms with Crippen LogP contribution >= 0.6 is 15.9 Å². The third-order valence-corrected chi connectivity index (χ3v) is 3.08. The number of halogens is 1. The molecule has 0 saturated heterocycles. The fraction of sp³-hybridized carbons (Fsp3) is 0.154. The van der Waals surface area contributed by atoms with Gasteiger partial charge in [-0.1, -0.05) is 15.9 Å². The monoisotopic (exact) mass is 318 g/mol. The summed E-state index contributed by atoms with van der Waals surface area (Å²) in [5.74, 6) is -0.290. The lowest BCUT2D eigenvalue weighted by Gasteiger charge is -2.07. The van der Waals surface area contributed by atoms with Crippen molar-refractivity contribution in [1.82, 2.24) is 9.78 Å². The van der Waals surface area contributed by atoms with Crippen LogP contribution in [0.3, 0.4) is 0 Å². The van der Waals surface area contributed by atoms with Crippen LogP contribution in [0.1, 0.15) is 21.7 Å². The van der Waals surface area contributed by atoms with Crippen molar-refractivity contribution in [3.05, 3.63) is 45.7 Å². The number of nitrogens with one attached hydrogen (secondary N) is 1. The van der Waals surface area contributed by atoms with Crippen LogP contribution in [0.15, 0.2) is 28.7 Å². The molecular weight excluding hydrogens is 308 g/mol. The van der Waals surface area contributed by atoms with Gasteiger partial charge in [-0.15, -0.1) is 0 Å². The highest BCUT2D eigenvalue weighted by atomic mass is 79.9. The van der Waals surface area contributed by atoms with Gasteiger partial charge in [-0.05, 0) is 31.2 Å². The minimum Gasteiger partial charge on any atom is -0.319 e. The molecule has 0 unspecified atom stereocenters. The first-order chi connectivity index (χ1) is 9.01. The number of carbonyl (C=O) groups excluding carboxylic acids is 1. The summed E-state index contributed by atoms with van der Waals surface area (Å²) in [5.41, 5.74) is 2.10. The number of aryl methyl sites for hydroxylation is 2. The zero-order valence-corrected chi connectivity index (χ0v) is 12.0. The van der Waals surface area contributed by atoms with Crippen LogP contribution in [0.4, 0.5) is 5.69 Å². The smallest absolute Gasteiger partial charge is 0.273 e. The molecule has 0 bridgehead atoms. The molecule has 0 spiro atoms. The van der Waals surface area contributed by atoms with Crippen LogP contribution in [0.25, 0.3) is 0 Å². The standard InChI is InChI=1S/C13H11BrN4O/c1-8-5-12(18(2)17-8)13(19)16-11-4-3-10(14)6-9(11)7-15/h3-6H,1-2H3,(H,16,19). The van der Waals surface area contributed by atoms with Crippen molar-refractivity contribution < 1.29 is 4.79 Å². The Hall–Kier alpha value is -2.13. The fourth-order valence-corrected chi connectivity index (χ4v) is 2.09. The predicted octanol–water partition coefficient (Wildman–Crippen LogP) is 2.62. The second-order valence-electron chi connectivity index (χ2n) is 4.05. The van der Waals surface area contributed by atoms with Crippen molar-refractivity contribution in [2.45, 2.75) is 6.92 Å². The van der Waals surface area contributed by atoms with E-state index in [-0.39, 0.29) is 5.91 Å². The van der Waals surface area contributed by atoms with Crippen molar-refractivity contribution in [1.29, 1.82) is 5.26 Å². The molecule has 0 aliphatic rings. The molecule has 6 heteroatoms. The molecule has 0 aliphatic carbocycles. The number of benzene rings is 1. The van der Waals surface area contributed by atoms with Gasteiger partial charge in [0, 0.05) is 11.5 Å². The second kappa shape index (κ2) is 5.24. The number of nitrogens with zero attached hydrogens (tertiary/aromatic N) is 3. The van der Waals surface area contributed by atoms with Gasteiger partial charge in [0.2, 0.25) is 0 Å². The lowest BCUT2D eigenvalue weighted by atomic mass is 10.2. The highest BCUT2D eigenvalue weighted by Crippen LogP contribution is 2.21. The zero-order chi connectivity index (χ0) is 14.0. The Morgan fingerprint density at radius 1 is 1.47 bits per heavy atom. The van der Waals surface area contributed by atoms with E-state index < -0.39 is 0 Å². The Kier molecular flexibility index (Phi) is 3.67. The summed E-state index contributed by atoms with van der Waals surface area (Å²) >= 11 is 3.29. The molecule has 19 heavy (non-hydrogen) atoms. The first-order valence-corrected chi connectivity index (χ1v) is 6.32. The molecule has 0 fully saturated rings. The highest BCUT2D eigenvalue weighted by molar-refractivity contribution is 9.10. The maximum Gasteiger partial charge on any atom is 0.273 e. The fourth-order valence-electron chi connectivity index (χ4n) is 1.73. The van der Waals surface area contributed by atoms with Gasteiger partial charge in [-0.2, -0.15) is 10.4 Å². The van der Waals surface area contributed by atoms with Crippen LogP contribution < -0.4 is 5.32 Å². The average Bonchev–Trinajstić information content (AvgIpc) is 2.70. The van der Waals surface area contributed by atoms with E-state index in [1.165, 1.54) is 4.68 Å². The number of hydrogen-bond donors (Lipinski definition) is 1. The molecule has 0 saturated carbocycles. The molecule has 2 aromatic rings. The van der Waals surface area contributed by atoms with E-state index in [9.17, 15) is 4.79 Å². The lowest BCUT2D eigenvalue weighted by molar-refractivity contribution is 0.101. The Balaban J connectivity index is 2.29. The summed E-state index contributed by atoms with van der Waals surface area (Å²) in [7, 11) is 1.70. The van der Waals surface area contributed by atoms with E-state index in [1.807, 2.05) is 13.0 Å². The van der Waals surface area contributed by atoms with Crippen LogP contribution in [-0.4, -0.2) is 15.7 Å². The quantitative estimate of drug-likeness (QED) is 0.925. The molecule has 1 amide bonds. The van der Waals surface area contributed by atoms with Gasteiger partial charge in [0.15, 0.2) is 0 Å². The van der Waals surface area contributed by atoms with Crippen LogP contribution in [0.2, 0.25) is 0 Å². The van der Waals surface area contributed by atoms with Gasteiger partial charge in [-0.25, -0.2) is 0 Å². The Labute approximate surface area is 119 Å². The van der Waals surface area contributed by atoms with Crippen molar-refractivity contribution in [2.24, 2.45) is 7.05 Å². The van der Waals surface area contributed by atoms with E-state index in [4.69, 9.17) is 5.26 Å². The normalized spacial score (nSPS) is 10.0. The van der Waals surface area contributed by atoms with Gasteiger partial charge in [0.1, 0.15) is 11.8 Å². The van der Waals surface area contributed by atoms with Crippen molar-refractivity contribution in [3.63, 3.8) is 0 Å². The first-order valence-electron chi connectivity index (χ1n) is 5.53. The highest BCUT2D eigenvalue weighted by Gasteiger charge is 2.13. The molecule has 0 atom stereocenters. The Bertz CT molecular complexity index is 684. The summed E-state index contributed by atoms with van der Waals surface area (Å²) < 4.78 is 2.30. The number of rotatable bonds is 2. The van der Waals surface area contributed by atoms with Gasteiger partial charge in [0.25, 0.3) is 5.91 Å². The number of aromatic nitrogens is 2. The predicted molar refractivity (Wildman–Crippen MR) is 74.8 cm³/mol. The van der Waals surface area contributed by atoms with Crippen LogP contribution in [-0.2, 0) is 7.05 Å². The first kappa shape index (κ1) is 13.3. The van der Waals surface area contributed by atoms with Gasteiger partial charge in [0.05, 0.1) is 16.9 Å². The Morgan fingerprint density at radius 3 is 2.79 bits per heavy atom. The topological polar surface area (TPSA) is 70.7 Å². The molecule has 96 valence electrons. The minimum absolute atomic E-state index is 0.290. The minimum atomic E-state index is -0.290. The third-order valence-electron chi connectivity index (χ3n) is 2.58. The number of nitriles is 1. The van der Waals surface area contributed by atoms with E-state index in [0.717, 1.165) is 10.2 Å². The number of hydrogen-bond acceptors (Lipinski definition) is 3. The van der Waals surface area contributed by atoms with E-state index in [2.05, 4.69) is 26.3 Å². The van der Waals surface area contributed by atoms with Gasteiger partial charge < -0.3 is 5.32 Å². The molecule has 1 heterocycles. The molecular formula is C13H11BrN4O. The second-order valence-corrected chi connectivity index (χ2v) is 4.97. The van der Waals surface area contributed by atoms with Crippen molar-refractivity contribution in [3.8, 4) is 6.07 Å². The van der Waals surface area contributed by atoms with E-state index in [1.54, 1.807) is 31.3 Å². The van der Waals surface area contributed by atoms with E-state index in [0.29, 0.717) is 16.9 Å². The zero-order valence-electron chi connectivity index (χ0n) is 10.4. The average molecular weight is 319 g/mol. The lowest BCUT2D eigenvalue weighted by Crippen LogP contribution is -2.16. The van der Waals surface area contributed by atoms with E-state index >= 15 is 0 Å². The third kappa shape index (κ3) is 2.83. The largest absolute Gasteiger partial charge is 0.319 e. The summed E-state index contributed by atoms with van der Waals surface area (Å²) in [6, 6.07) is 8.85. The molecule has 1 N–H and O–H groups in total. The SMILES string of the molecule is Cc1cc(C(=O)Nc2ccc(Br)cc2C#N)n(C)n1. The molecule has 0 aliphatic heterocycles. The number of carbonyl (C=O) groups is 1. The summed E-state index contributed by atoms with van der Waals surface area (Å²) in [6.07, 6.45) is 0.